The van der Waals surface area contributed by atoms with Crippen molar-refractivity contribution in [2.24, 2.45) is 11.7 Å². The second-order valence-corrected chi connectivity index (χ2v) is 6.46. The summed E-state index contributed by atoms with van der Waals surface area (Å²) < 4.78 is 0. The zero-order chi connectivity index (χ0) is 16.8. The third-order valence-corrected chi connectivity index (χ3v) is 4.84. The number of hydrogen-bond acceptors (Lipinski definition) is 4. The molecule has 5 heteroatoms. The lowest BCUT2D eigenvalue weighted by Crippen LogP contribution is -2.54. The number of rotatable bonds is 6. The van der Waals surface area contributed by atoms with Gasteiger partial charge in [-0.25, -0.2) is 0 Å². The van der Waals surface area contributed by atoms with Crippen LogP contribution in [0.2, 0.25) is 0 Å². The smallest absolute Gasteiger partial charge is 0.239 e. The van der Waals surface area contributed by atoms with Gasteiger partial charge in [0, 0.05) is 32.7 Å². The van der Waals surface area contributed by atoms with Crippen LogP contribution in [0.15, 0.2) is 30.3 Å². The van der Waals surface area contributed by atoms with Crippen molar-refractivity contribution in [1.29, 1.82) is 0 Å². The fourth-order valence-electron chi connectivity index (χ4n) is 2.88. The summed E-state index contributed by atoms with van der Waals surface area (Å²) in [6.45, 7) is 7.61. The summed E-state index contributed by atoms with van der Waals surface area (Å²) in [7, 11) is 0. The highest BCUT2D eigenvalue weighted by Crippen LogP contribution is 2.16. The molecule has 3 N–H and O–H groups in total. The molecule has 1 aromatic carbocycles. The Bertz CT molecular complexity index is 486. The Kier molecular flexibility index (Phi) is 6.57. The Morgan fingerprint density at radius 2 is 1.83 bits per heavy atom. The van der Waals surface area contributed by atoms with Crippen LogP contribution in [0, 0.1) is 5.92 Å². The van der Waals surface area contributed by atoms with Gasteiger partial charge < -0.3 is 15.7 Å². The number of benzene rings is 1. The fraction of sp³-hybridized carbons (Fsp3) is 0.611. The van der Waals surface area contributed by atoms with Gasteiger partial charge in [-0.15, -0.1) is 0 Å². The SMILES string of the molecule is CCC(C)C(N)C(=O)N1CCN(CC(O)c2ccccc2)CC1. The summed E-state index contributed by atoms with van der Waals surface area (Å²) in [5.74, 6) is 0.267. The minimum Gasteiger partial charge on any atom is -0.387 e. The van der Waals surface area contributed by atoms with Gasteiger partial charge in [-0.3, -0.25) is 9.69 Å². The van der Waals surface area contributed by atoms with Crippen molar-refractivity contribution in [2.75, 3.05) is 32.7 Å². The monoisotopic (exact) mass is 319 g/mol. The number of nitrogens with zero attached hydrogens (tertiary/aromatic N) is 2. The van der Waals surface area contributed by atoms with Crippen LogP contribution in [0.3, 0.4) is 0 Å². The summed E-state index contributed by atoms with van der Waals surface area (Å²) in [5, 5.41) is 10.3. The van der Waals surface area contributed by atoms with E-state index in [0.29, 0.717) is 19.6 Å². The summed E-state index contributed by atoms with van der Waals surface area (Å²) in [6.07, 6.45) is 0.427. The van der Waals surface area contributed by atoms with Crippen molar-refractivity contribution in [1.82, 2.24) is 9.80 Å². The van der Waals surface area contributed by atoms with Crippen LogP contribution in [0.4, 0.5) is 0 Å². The molecular formula is C18H29N3O2. The van der Waals surface area contributed by atoms with E-state index in [2.05, 4.69) is 11.8 Å². The van der Waals surface area contributed by atoms with Gasteiger partial charge in [0.1, 0.15) is 0 Å². The highest BCUT2D eigenvalue weighted by molar-refractivity contribution is 5.82. The summed E-state index contributed by atoms with van der Waals surface area (Å²) in [6, 6.07) is 9.30. The van der Waals surface area contributed by atoms with E-state index in [4.69, 9.17) is 5.73 Å². The molecule has 2 rings (SSSR count). The average molecular weight is 319 g/mol. The third-order valence-electron chi connectivity index (χ3n) is 4.84. The molecule has 1 aliphatic rings. The second-order valence-electron chi connectivity index (χ2n) is 6.46. The number of piperazine rings is 1. The predicted octanol–water partition coefficient (Wildman–Crippen LogP) is 1.24. The van der Waals surface area contributed by atoms with Crippen LogP contribution in [0.5, 0.6) is 0 Å². The Hall–Kier alpha value is -1.43. The molecule has 1 heterocycles. The Morgan fingerprint density at radius 1 is 1.22 bits per heavy atom. The summed E-state index contributed by atoms with van der Waals surface area (Å²) in [5.41, 5.74) is 6.98. The predicted molar refractivity (Wildman–Crippen MR) is 91.9 cm³/mol. The first-order valence-electron chi connectivity index (χ1n) is 8.52. The highest BCUT2D eigenvalue weighted by atomic mass is 16.3. The van der Waals surface area contributed by atoms with Crippen LogP contribution in [-0.4, -0.2) is 59.6 Å². The average Bonchev–Trinajstić information content (AvgIpc) is 2.61. The molecule has 0 aromatic heterocycles. The number of hydrogen-bond donors (Lipinski definition) is 2. The van der Waals surface area contributed by atoms with Crippen molar-refractivity contribution in [3.05, 3.63) is 35.9 Å². The number of amides is 1. The van der Waals surface area contributed by atoms with E-state index < -0.39 is 12.1 Å². The second kappa shape index (κ2) is 8.43. The molecule has 23 heavy (non-hydrogen) atoms. The lowest BCUT2D eigenvalue weighted by atomic mass is 9.98. The number of aliphatic hydroxyl groups is 1. The van der Waals surface area contributed by atoms with Crippen LogP contribution in [-0.2, 0) is 4.79 Å². The minimum absolute atomic E-state index is 0.0580. The quantitative estimate of drug-likeness (QED) is 0.828. The van der Waals surface area contributed by atoms with E-state index in [1.54, 1.807) is 0 Å². The maximum absolute atomic E-state index is 12.4. The topological polar surface area (TPSA) is 69.8 Å². The van der Waals surface area contributed by atoms with E-state index in [0.717, 1.165) is 25.1 Å². The molecule has 1 amide bonds. The Morgan fingerprint density at radius 3 is 2.39 bits per heavy atom. The van der Waals surface area contributed by atoms with E-state index in [9.17, 15) is 9.90 Å². The Labute approximate surface area is 139 Å². The minimum atomic E-state index is -0.485. The molecule has 128 valence electrons. The van der Waals surface area contributed by atoms with Gasteiger partial charge in [-0.1, -0.05) is 50.6 Å². The van der Waals surface area contributed by atoms with Gasteiger partial charge in [0.15, 0.2) is 0 Å². The van der Waals surface area contributed by atoms with E-state index in [-0.39, 0.29) is 11.8 Å². The molecule has 1 aliphatic heterocycles. The largest absolute Gasteiger partial charge is 0.387 e. The van der Waals surface area contributed by atoms with E-state index in [1.807, 2.05) is 42.2 Å². The highest BCUT2D eigenvalue weighted by Gasteiger charge is 2.28. The molecule has 0 radical (unpaired) electrons. The summed E-state index contributed by atoms with van der Waals surface area (Å²) in [4.78, 5) is 16.4. The lowest BCUT2D eigenvalue weighted by Gasteiger charge is -2.37. The third kappa shape index (κ3) is 4.77. The summed E-state index contributed by atoms with van der Waals surface area (Å²) >= 11 is 0. The van der Waals surface area contributed by atoms with Crippen molar-refractivity contribution in [2.45, 2.75) is 32.4 Å². The van der Waals surface area contributed by atoms with Crippen molar-refractivity contribution < 1.29 is 9.90 Å². The van der Waals surface area contributed by atoms with Gasteiger partial charge in [-0.2, -0.15) is 0 Å². The molecular weight excluding hydrogens is 290 g/mol. The number of carbonyl (C=O) groups excluding carboxylic acids is 1. The molecule has 1 fully saturated rings. The van der Waals surface area contributed by atoms with Crippen molar-refractivity contribution in [3.63, 3.8) is 0 Å². The molecule has 1 aromatic rings. The van der Waals surface area contributed by atoms with Crippen LogP contribution in [0.1, 0.15) is 31.9 Å². The number of nitrogens with two attached hydrogens (primary N) is 1. The molecule has 0 bridgehead atoms. The van der Waals surface area contributed by atoms with Gasteiger partial charge >= 0.3 is 0 Å². The first kappa shape index (κ1) is 17.9. The van der Waals surface area contributed by atoms with E-state index in [1.165, 1.54) is 0 Å². The van der Waals surface area contributed by atoms with Crippen LogP contribution >= 0.6 is 0 Å². The van der Waals surface area contributed by atoms with Crippen LogP contribution in [0.25, 0.3) is 0 Å². The molecule has 0 spiro atoms. The molecule has 1 saturated heterocycles. The molecule has 0 aliphatic carbocycles. The maximum Gasteiger partial charge on any atom is 0.239 e. The lowest BCUT2D eigenvalue weighted by molar-refractivity contribution is -0.135. The van der Waals surface area contributed by atoms with Gasteiger partial charge in [-0.05, 0) is 11.5 Å². The fourth-order valence-corrected chi connectivity index (χ4v) is 2.88. The number of aliphatic hydroxyl groups excluding tert-OH is 1. The molecule has 3 unspecified atom stereocenters. The van der Waals surface area contributed by atoms with Gasteiger partial charge in [0.2, 0.25) is 5.91 Å². The molecule has 0 saturated carbocycles. The Balaban J connectivity index is 1.81. The van der Waals surface area contributed by atoms with Gasteiger partial charge in [0.25, 0.3) is 0 Å². The first-order chi connectivity index (χ1) is 11.0. The molecule has 5 nitrogen and oxygen atoms in total. The maximum atomic E-state index is 12.4. The van der Waals surface area contributed by atoms with Crippen molar-refractivity contribution in [3.8, 4) is 0 Å². The zero-order valence-corrected chi connectivity index (χ0v) is 14.2. The standard InChI is InChI=1S/C18H29N3O2/c1-3-14(2)17(19)18(23)21-11-9-20(10-12-21)13-16(22)15-7-5-4-6-8-15/h4-8,14,16-17,22H,3,9-13,19H2,1-2H3. The molecule has 3 atom stereocenters. The number of β-amino-alcohol motifs (C(OH)–C–C–N with tert-alkyl or cyclic N) is 1. The first-order valence-corrected chi connectivity index (χ1v) is 8.52. The zero-order valence-electron chi connectivity index (χ0n) is 14.2. The van der Waals surface area contributed by atoms with Crippen LogP contribution < -0.4 is 5.73 Å². The van der Waals surface area contributed by atoms with Crippen molar-refractivity contribution >= 4 is 5.91 Å². The number of carbonyl (C=O) groups is 1. The van der Waals surface area contributed by atoms with E-state index >= 15 is 0 Å². The van der Waals surface area contributed by atoms with Gasteiger partial charge in [0.05, 0.1) is 12.1 Å². The normalized spacial score (nSPS) is 20.1.